The summed E-state index contributed by atoms with van der Waals surface area (Å²) in [6.07, 6.45) is 6.15. The zero-order valence-electron chi connectivity index (χ0n) is 14.4. The van der Waals surface area contributed by atoms with Gasteiger partial charge in [-0.25, -0.2) is 4.39 Å². The van der Waals surface area contributed by atoms with Crippen LogP contribution in [0.5, 0.6) is 0 Å². The van der Waals surface area contributed by atoms with Crippen LogP contribution in [0.2, 0.25) is 0 Å². The van der Waals surface area contributed by atoms with E-state index in [-0.39, 0.29) is 11.7 Å². The topological polar surface area (TPSA) is 62.9 Å². The highest BCUT2D eigenvalue weighted by atomic mass is 19.1. The van der Waals surface area contributed by atoms with Crippen LogP contribution in [0.4, 0.5) is 4.39 Å². The third-order valence-electron chi connectivity index (χ3n) is 4.64. The quantitative estimate of drug-likeness (QED) is 0.876. The largest absolute Gasteiger partial charge is 0.373 e. The fraction of sp³-hybridized carbons (Fsp3) is 0.474. The monoisotopic (exact) mass is 342 g/mol. The van der Waals surface area contributed by atoms with Gasteiger partial charge in [0.15, 0.2) is 0 Å². The number of nitriles is 1. The molecule has 0 amide bonds. The Morgan fingerprint density at radius 1 is 1.48 bits per heavy atom. The minimum absolute atomic E-state index is 0.0549. The number of nitrogens with zero attached hydrogens (tertiary/aromatic N) is 3. The summed E-state index contributed by atoms with van der Waals surface area (Å²) in [5, 5.41) is 16.5. The first-order chi connectivity index (χ1) is 12.2. The molecular weight excluding hydrogens is 319 g/mol. The second-order valence-corrected chi connectivity index (χ2v) is 6.38. The number of benzene rings is 1. The van der Waals surface area contributed by atoms with Crippen LogP contribution in [-0.2, 0) is 17.8 Å². The van der Waals surface area contributed by atoms with Crippen LogP contribution in [0.25, 0.3) is 0 Å². The van der Waals surface area contributed by atoms with E-state index in [1.807, 2.05) is 16.9 Å². The van der Waals surface area contributed by atoms with Crippen molar-refractivity contribution in [3.05, 3.63) is 53.1 Å². The normalized spacial score (nSPS) is 20.4. The number of nitrogens with one attached hydrogen (secondary N) is 1. The van der Waals surface area contributed by atoms with E-state index in [0.717, 1.165) is 43.7 Å². The molecule has 2 heterocycles. The summed E-state index contributed by atoms with van der Waals surface area (Å²) in [5.41, 5.74) is 2.04. The van der Waals surface area contributed by atoms with Gasteiger partial charge in [0, 0.05) is 43.9 Å². The standard InChI is InChI=1S/C19H23FN4O/c1-2-24-13-17(12-23-24)19-16(4-3-7-25-19)11-22-10-14-5-6-15(9-21)18(20)8-14/h5-6,8,12-13,16,19,22H,2-4,7,10-11H2,1H3/t16-,19+/m0/s1. The minimum atomic E-state index is -0.465. The molecule has 1 fully saturated rings. The zero-order chi connectivity index (χ0) is 17.6. The van der Waals surface area contributed by atoms with Crippen molar-refractivity contribution < 1.29 is 9.13 Å². The second kappa shape index (κ2) is 8.24. The SMILES string of the molecule is CCn1cc([C@@H]2OCCC[C@H]2CNCc2ccc(C#N)c(F)c2)cn1. The van der Waals surface area contributed by atoms with Crippen molar-refractivity contribution in [1.29, 1.82) is 5.26 Å². The molecule has 1 aromatic carbocycles. The molecule has 0 radical (unpaired) electrons. The number of halogens is 1. The van der Waals surface area contributed by atoms with E-state index in [2.05, 4.69) is 23.5 Å². The summed E-state index contributed by atoms with van der Waals surface area (Å²) >= 11 is 0. The maximum atomic E-state index is 13.7. The smallest absolute Gasteiger partial charge is 0.141 e. The van der Waals surface area contributed by atoms with Gasteiger partial charge in [-0.15, -0.1) is 0 Å². The van der Waals surface area contributed by atoms with E-state index < -0.39 is 5.82 Å². The van der Waals surface area contributed by atoms with Crippen molar-refractivity contribution >= 4 is 0 Å². The van der Waals surface area contributed by atoms with Crippen LogP contribution >= 0.6 is 0 Å². The molecule has 2 atom stereocenters. The Balaban J connectivity index is 1.59. The highest BCUT2D eigenvalue weighted by Gasteiger charge is 2.28. The molecule has 3 rings (SSSR count). The lowest BCUT2D eigenvalue weighted by molar-refractivity contribution is -0.0279. The number of rotatable bonds is 6. The summed E-state index contributed by atoms with van der Waals surface area (Å²) in [6.45, 7) is 5.05. The molecule has 0 unspecified atom stereocenters. The molecule has 1 saturated heterocycles. The number of hydrogen-bond donors (Lipinski definition) is 1. The molecule has 0 saturated carbocycles. The van der Waals surface area contributed by atoms with E-state index in [9.17, 15) is 4.39 Å². The Hall–Kier alpha value is -2.23. The molecule has 6 heteroatoms. The van der Waals surface area contributed by atoms with Gasteiger partial charge in [-0.3, -0.25) is 4.68 Å². The Labute approximate surface area is 147 Å². The maximum Gasteiger partial charge on any atom is 0.141 e. The van der Waals surface area contributed by atoms with Gasteiger partial charge in [0.1, 0.15) is 11.9 Å². The van der Waals surface area contributed by atoms with Crippen LogP contribution in [0.3, 0.4) is 0 Å². The van der Waals surface area contributed by atoms with Crippen molar-refractivity contribution in [3.8, 4) is 6.07 Å². The molecule has 5 nitrogen and oxygen atoms in total. The second-order valence-electron chi connectivity index (χ2n) is 6.38. The number of aromatic nitrogens is 2. The predicted octanol–water partition coefficient (Wildman–Crippen LogP) is 3.17. The fourth-order valence-electron chi connectivity index (χ4n) is 3.28. The van der Waals surface area contributed by atoms with Crippen LogP contribution in [0.1, 0.15) is 42.6 Å². The molecule has 1 aromatic heterocycles. The highest BCUT2D eigenvalue weighted by molar-refractivity contribution is 5.33. The van der Waals surface area contributed by atoms with Crippen LogP contribution in [0, 0.1) is 23.1 Å². The Kier molecular flexibility index (Phi) is 5.79. The van der Waals surface area contributed by atoms with E-state index in [4.69, 9.17) is 10.00 Å². The van der Waals surface area contributed by atoms with Gasteiger partial charge >= 0.3 is 0 Å². The molecular formula is C19H23FN4O. The summed E-state index contributed by atoms with van der Waals surface area (Å²) < 4.78 is 21.6. The van der Waals surface area contributed by atoms with Crippen molar-refractivity contribution in [3.63, 3.8) is 0 Å². The van der Waals surface area contributed by atoms with Gasteiger partial charge in [0.25, 0.3) is 0 Å². The lowest BCUT2D eigenvalue weighted by Gasteiger charge is -2.31. The van der Waals surface area contributed by atoms with Gasteiger partial charge in [0.2, 0.25) is 0 Å². The van der Waals surface area contributed by atoms with Crippen molar-refractivity contribution in [2.75, 3.05) is 13.2 Å². The van der Waals surface area contributed by atoms with Crippen LogP contribution < -0.4 is 5.32 Å². The number of hydrogen-bond acceptors (Lipinski definition) is 4. The lowest BCUT2D eigenvalue weighted by atomic mass is 9.91. The first-order valence-corrected chi connectivity index (χ1v) is 8.74. The minimum Gasteiger partial charge on any atom is -0.373 e. The van der Waals surface area contributed by atoms with Crippen molar-refractivity contribution in [2.24, 2.45) is 5.92 Å². The summed E-state index contributed by atoms with van der Waals surface area (Å²) in [7, 11) is 0. The third-order valence-corrected chi connectivity index (χ3v) is 4.64. The van der Waals surface area contributed by atoms with Crippen molar-refractivity contribution in [1.82, 2.24) is 15.1 Å². The molecule has 1 aliphatic rings. The van der Waals surface area contributed by atoms with Crippen molar-refractivity contribution in [2.45, 2.75) is 39.0 Å². The molecule has 0 aliphatic carbocycles. The molecule has 132 valence electrons. The Morgan fingerprint density at radius 2 is 2.36 bits per heavy atom. The molecule has 25 heavy (non-hydrogen) atoms. The summed E-state index contributed by atoms with van der Waals surface area (Å²) in [5.74, 6) is -0.0980. The molecule has 0 spiro atoms. The molecule has 1 N–H and O–H groups in total. The Morgan fingerprint density at radius 3 is 3.08 bits per heavy atom. The van der Waals surface area contributed by atoms with E-state index in [1.165, 1.54) is 12.1 Å². The first kappa shape index (κ1) is 17.6. The van der Waals surface area contributed by atoms with Gasteiger partial charge in [0.05, 0.1) is 17.9 Å². The van der Waals surface area contributed by atoms with Gasteiger partial charge in [-0.05, 0) is 37.5 Å². The van der Waals surface area contributed by atoms with E-state index in [0.29, 0.717) is 12.5 Å². The van der Waals surface area contributed by atoms with E-state index >= 15 is 0 Å². The summed E-state index contributed by atoms with van der Waals surface area (Å²) in [6, 6.07) is 6.58. The summed E-state index contributed by atoms with van der Waals surface area (Å²) in [4.78, 5) is 0. The average molecular weight is 342 g/mol. The molecule has 2 aromatic rings. The highest BCUT2D eigenvalue weighted by Crippen LogP contribution is 2.33. The molecule has 1 aliphatic heterocycles. The maximum absolute atomic E-state index is 13.7. The van der Waals surface area contributed by atoms with E-state index in [1.54, 1.807) is 6.07 Å². The number of aryl methyl sites for hydroxylation is 1. The van der Waals surface area contributed by atoms with Gasteiger partial charge < -0.3 is 10.1 Å². The van der Waals surface area contributed by atoms with Gasteiger partial charge in [-0.1, -0.05) is 6.07 Å². The first-order valence-electron chi connectivity index (χ1n) is 8.74. The van der Waals surface area contributed by atoms with Gasteiger partial charge in [-0.2, -0.15) is 10.4 Å². The van der Waals surface area contributed by atoms with Crippen LogP contribution in [0.15, 0.2) is 30.6 Å². The zero-order valence-corrected chi connectivity index (χ0v) is 14.4. The predicted molar refractivity (Wildman–Crippen MR) is 92.1 cm³/mol. The number of ether oxygens (including phenoxy) is 1. The Bertz CT molecular complexity index is 752. The lowest BCUT2D eigenvalue weighted by Crippen LogP contribution is -2.31. The third kappa shape index (κ3) is 4.25. The fourth-order valence-corrected chi connectivity index (χ4v) is 3.28. The van der Waals surface area contributed by atoms with Crippen LogP contribution in [-0.4, -0.2) is 22.9 Å². The molecule has 0 bridgehead atoms. The average Bonchev–Trinajstić information content (AvgIpc) is 3.11.